The second kappa shape index (κ2) is 7.52. The monoisotopic (exact) mass is 356 g/mol. The quantitative estimate of drug-likeness (QED) is 0.863. The molecular weight excluding hydrogens is 328 g/mol. The second-order valence-electron chi connectivity index (χ2n) is 7.80. The Kier molecular flexibility index (Phi) is 5.35. The lowest BCUT2D eigenvalue weighted by Crippen LogP contribution is -2.48. The van der Waals surface area contributed by atoms with Crippen molar-refractivity contribution in [3.8, 4) is 0 Å². The Morgan fingerprint density at radius 1 is 1.27 bits per heavy atom. The summed E-state index contributed by atoms with van der Waals surface area (Å²) in [6.07, 6.45) is 4.10. The number of amides is 2. The molecule has 2 aliphatic rings. The Balaban J connectivity index is 1.72. The number of benzene rings is 1. The Bertz CT molecular complexity index is 698. The molecule has 2 atom stereocenters. The van der Waals surface area contributed by atoms with Gasteiger partial charge in [0.25, 0.3) is 0 Å². The molecule has 1 heterocycles. The van der Waals surface area contributed by atoms with Crippen molar-refractivity contribution in [2.45, 2.75) is 45.6 Å². The van der Waals surface area contributed by atoms with Gasteiger partial charge in [0.15, 0.2) is 0 Å². The maximum Gasteiger partial charge on any atom is 0.404 e. The predicted molar refractivity (Wildman–Crippen MR) is 102 cm³/mol. The van der Waals surface area contributed by atoms with E-state index in [2.05, 4.69) is 37.4 Å². The fourth-order valence-electron chi connectivity index (χ4n) is 4.42. The maximum atomic E-state index is 13.4. The number of nitrogens with zero attached hydrogens (tertiary/aromatic N) is 1. The Hall–Kier alpha value is -2.30. The fourth-order valence-corrected chi connectivity index (χ4v) is 4.42. The molecule has 3 rings (SSSR count). The molecule has 1 aliphatic heterocycles. The standard InChI is InChI=1S/C21H28N2O3/c1-15(2)21(11-8-18(14-21)22-20(25)26)19(24)23-12-9-17(10-13-23)16-6-4-3-5-7-16/h3-7,9,15,18,22H,8,10-14H2,1-2H3,(H,25,26)/t18-,21+/m1/s1. The number of carboxylic acid groups (broad SMARTS) is 1. The first-order valence-corrected chi connectivity index (χ1v) is 9.45. The normalized spacial score (nSPS) is 25.9. The topological polar surface area (TPSA) is 69.6 Å². The second-order valence-corrected chi connectivity index (χ2v) is 7.80. The van der Waals surface area contributed by atoms with E-state index >= 15 is 0 Å². The van der Waals surface area contributed by atoms with E-state index in [4.69, 9.17) is 5.11 Å². The van der Waals surface area contributed by atoms with E-state index < -0.39 is 11.5 Å². The van der Waals surface area contributed by atoms with Gasteiger partial charge in [-0.05, 0) is 42.7 Å². The van der Waals surface area contributed by atoms with Crippen LogP contribution in [0.5, 0.6) is 0 Å². The molecule has 0 spiro atoms. The Labute approximate surface area is 155 Å². The molecule has 0 saturated heterocycles. The van der Waals surface area contributed by atoms with Crippen LogP contribution in [0.15, 0.2) is 36.4 Å². The molecule has 2 amide bonds. The van der Waals surface area contributed by atoms with Crippen molar-refractivity contribution >= 4 is 17.6 Å². The summed E-state index contributed by atoms with van der Waals surface area (Å²) in [4.78, 5) is 26.3. The summed E-state index contributed by atoms with van der Waals surface area (Å²) in [7, 11) is 0. The van der Waals surface area contributed by atoms with Gasteiger partial charge in [-0.3, -0.25) is 4.79 Å². The Morgan fingerprint density at radius 2 is 2.00 bits per heavy atom. The van der Waals surface area contributed by atoms with Crippen molar-refractivity contribution in [2.75, 3.05) is 13.1 Å². The third-order valence-electron chi connectivity index (χ3n) is 6.05. The molecule has 0 bridgehead atoms. The molecule has 1 aromatic rings. The van der Waals surface area contributed by atoms with Crippen molar-refractivity contribution < 1.29 is 14.7 Å². The number of carbonyl (C=O) groups excluding carboxylic acids is 1. The first-order valence-electron chi connectivity index (χ1n) is 9.45. The summed E-state index contributed by atoms with van der Waals surface area (Å²) < 4.78 is 0. The number of hydrogen-bond acceptors (Lipinski definition) is 2. The van der Waals surface area contributed by atoms with Crippen LogP contribution in [0.1, 0.15) is 45.1 Å². The first-order chi connectivity index (χ1) is 12.4. The van der Waals surface area contributed by atoms with Crippen molar-refractivity contribution in [2.24, 2.45) is 11.3 Å². The van der Waals surface area contributed by atoms with Gasteiger partial charge >= 0.3 is 6.09 Å². The summed E-state index contributed by atoms with van der Waals surface area (Å²) in [5.74, 6) is 0.376. The lowest BCUT2D eigenvalue weighted by Gasteiger charge is -2.39. The van der Waals surface area contributed by atoms with Crippen LogP contribution in [0, 0.1) is 11.3 Å². The first kappa shape index (κ1) is 18.5. The zero-order valence-corrected chi connectivity index (χ0v) is 15.6. The molecule has 1 aromatic carbocycles. The fraction of sp³-hybridized carbons (Fsp3) is 0.524. The van der Waals surface area contributed by atoms with Gasteiger partial charge in [0.2, 0.25) is 5.91 Å². The largest absolute Gasteiger partial charge is 0.465 e. The average Bonchev–Trinajstić information content (AvgIpc) is 3.06. The highest BCUT2D eigenvalue weighted by Gasteiger charge is 2.49. The average molecular weight is 356 g/mol. The molecule has 2 N–H and O–H groups in total. The molecule has 140 valence electrons. The summed E-state index contributed by atoms with van der Waals surface area (Å²) in [6.45, 7) is 5.52. The summed E-state index contributed by atoms with van der Waals surface area (Å²) in [5, 5.41) is 11.6. The number of nitrogens with one attached hydrogen (secondary N) is 1. The van der Waals surface area contributed by atoms with Crippen molar-refractivity contribution in [1.82, 2.24) is 10.2 Å². The van der Waals surface area contributed by atoms with E-state index in [1.165, 1.54) is 11.1 Å². The van der Waals surface area contributed by atoms with Crippen LogP contribution >= 0.6 is 0 Å². The smallest absolute Gasteiger partial charge is 0.404 e. The van der Waals surface area contributed by atoms with Gasteiger partial charge in [0.05, 0.1) is 5.41 Å². The molecule has 0 radical (unpaired) electrons. The van der Waals surface area contributed by atoms with Crippen molar-refractivity contribution in [3.63, 3.8) is 0 Å². The summed E-state index contributed by atoms with van der Waals surface area (Å²) in [5.41, 5.74) is 2.07. The molecule has 5 nitrogen and oxygen atoms in total. The Morgan fingerprint density at radius 3 is 2.58 bits per heavy atom. The van der Waals surface area contributed by atoms with Crippen LogP contribution in [0.2, 0.25) is 0 Å². The third-order valence-corrected chi connectivity index (χ3v) is 6.05. The molecular formula is C21H28N2O3. The summed E-state index contributed by atoms with van der Waals surface area (Å²) in [6, 6.07) is 10.2. The molecule has 26 heavy (non-hydrogen) atoms. The SMILES string of the molecule is CC(C)[C@]1(C(=O)N2CC=C(c3ccccc3)CC2)CC[C@@H](NC(=O)O)C1. The van der Waals surface area contributed by atoms with E-state index in [1.807, 2.05) is 23.1 Å². The molecule has 5 heteroatoms. The van der Waals surface area contributed by atoms with Crippen molar-refractivity contribution in [1.29, 1.82) is 0 Å². The van der Waals surface area contributed by atoms with Gasteiger partial charge in [-0.1, -0.05) is 50.3 Å². The molecule has 1 fully saturated rings. The van der Waals surface area contributed by atoms with Gasteiger partial charge < -0.3 is 15.3 Å². The van der Waals surface area contributed by atoms with E-state index in [-0.39, 0.29) is 17.9 Å². The highest BCUT2D eigenvalue weighted by atomic mass is 16.4. The summed E-state index contributed by atoms with van der Waals surface area (Å²) >= 11 is 0. The van der Waals surface area contributed by atoms with Crippen LogP contribution in [0.25, 0.3) is 5.57 Å². The van der Waals surface area contributed by atoms with Gasteiger partial charge in [-0.15, -0.1) is 0 Å². The van der Waals surface area contributed by atoms with Gasteiger partial charge in [0, 0.05) is 19.1 Å². The minimum absolute atomic E-state index is 0.126. The van der Waals surface area contributed by atoms with Crippen LogP contribution in [0.3, 0.4) is 0 Å². The maximum absolute atomic E-state index is 13.4. The number of rotatable bonds is 4. The minimum atomic E-state index is -1.00. The lowest BCUT2D eigenvalue weighted by molar-refractivity contribution is -0.144. The zero-order chi connectivity index (χ0) is 18.7. The zero-order valence-electron chi connectivity index (χ0n) is 15.6. The minimum Gasteiger partial charge on any atom is -0.465 e. The predicted octanol–water partition coefficient (Wildman–Crippen LogP) is 3.76. The highest BCUT2D eigenvalue weighted by Crippen LogP contribution is 2.46. The van der Waals surface area contributed by atoms with Gasteiger partial charge in [-0.25, -0.2) is 4.79 Å². The molecule has 1 saturated carbocycles. The number of hydrogen-bond donors (Lipinski definition) is 2. The van der Waals surface area contributed by atoms with E-state index in [0.717, 1.165) is 25.8 Å². The van der Waals surface area contributed by atoms with Crippen molar-refractivity contribution in [3.05, 3.63) is 42.0 Å². The third kappa shape index (κ3) is 3.62. The van der Waals surface area contributed by atoms with Crippen LogP contribution in [0.4, 0.5) is 4.79 Å². The lowest BCUT2D eigenvalue weighted by atomic mass is 9.74. The van der Waals surface area contributed by atoms with Gasteiger partial charge in [0.1, 0.15) is 0 Å². The van der Waals surface area contributed by atoms with Gasteiger partial charge in [-0.2, -0.15) is 0 Å². The molecule has 1 aliphatic carbocycles. The van der Waals surface area contributed by atoms with Crippen LogP contribution in [-0.4, -0.2) is 41.1 Å². The number of carbonyl (C=O) groups is 2. The highest BCUT2D eigenvalue weighted by molar-refractivity contribution is 5.85. The van der Waals surface area contributed by atoms with E-state index in [1.54, 1.807) is 0 Å². The van der Waals surface area contributed by atoms with Crippen LogP contribution < -0.4 is 5.32 Å². The van der Waals surface area contributed by atoms with E-state index in [0.29, 0.717) is 13.0 Å². The molecule has 0 aromatic heterocycles. The van der Waals surface area contributed by atoms with E-state index in [9.17, 15) is 9.59 Å². The van der Waals surface area contributed by atoms with Crippen LogP contribution in [-0.2, 0) is 4.79 Å². The molecule has 0 unspecified atom stereocenters.